The molecule has 0 fully saturated rings. The van der Waals surface area contributed by atoms with Gasteiger partial charge in [0.2, 0.25) is 0 Å². The first kappa shape index (κ1) is 6.97. The normalized spacial score (nSPS) is 13.0. The molecule has 0 unspecified atom stereocenters. The highest BCUT2D eigenvalue weighted by Crippen LogP contribution is 2.36. The molecular formula is C8H5O4. The van der Waals surface area contributed by atoms with Crippen LogP contribution in [0, 0.1) is 6.79 Å². The van der Waals surface area contributed by atoms with Crippen LogP contribution in [0.4, 0.5) is 0 Å². The van der Waals surface area contributed by atoms with Crippen LogP contribution in [0.25, 0.3) is 0 Å². The third-order valence-electron chi connectivity index (χ3n) is 1.55. The van der Waals surface area contributed by atoms with Crippen LogP contribution in [0.5, 0.6) is 11.5 Å². The Morgan fingerprint density at radius 3 is 2.92 bits per heavy atom. The Morgan fingerprint density at radius 2 is 2.17 bits per heavy atom. The van der Waals surface area contributed by atoms with Crippen molar-refractivity contribution < 1.29 is 19.4 Å². The molecule has 1 aromatic carbocycles. The van der Waals surface area contributed by atoms with Crippen molar-refractivity contribution in [2.24, 2.45) is 0 Å². The Balaban J connectivity index is 2.56. The Bertz CT molecular complexity index is 332. The summed E-state index contributed by atoms with van der Waals surface area (Å²) in [6.45, 7) is 1.11. The maximum absolute atomic E-state index is 10.6. The Morgan fingerprint density at radius 1 is 1.33 bits per heavy atom. The van der Waals surface area contributed by atoms with Gasteiger partial charge in [-0.25, -0.2) is 4.79 Å². The minimum atomic E-state index is -1.02. The molecule has 0 amide bonds. The molecule has 1 aliphatic rings. The van der Waals surface area contributed by atoms with E-state index in [2.05, 4.69) is 0 Å². The van der Waals surface area contributed by atoms with E-state index in [1.165, 1.54) is 6.07 Å². The maximum atomic E-state index is 10.6. The zero-order chi connectivity index (χ0) is 8.55. The first-order valence-corrected chi connectivity index (χ1v) is 3.30. The molecule has 0 aromatic heterocycles. The summed E-state index contributed by atoms with van der Waals surface area (Å²) in [5.41, 5.74) is 0.112. The molecule has 1 aromatic rings. The van der Waals surface area contributed by atoms with Gasteiger partial charge in [-0.05, 0) is 12.1 Å². The predicted molar refractivity (Wildman–Crippen MR) is 39.0 cm³/mol. The lowest BCUT2D eigenvalue weighted by Crippen LogP contribution is -1.97. The standard InChI is InChI=1S/C8H5O4/c9-8(10)5-2-1-3-6-7(5)12-4-11-6/h1-4H,(H,9,10). The second-order valence-electron chi connectivity index (χ2n) is 2.27. The number of benzene rings is 1. The van der Waals surface area contributed by atoms with Gasteiger partial charge in [-0.1, -0.05) is 6.07 Å². The highest BCUT2D eigenvalue weighted by Gasteiger charge is 2.21. The van der Waals surface area contributed by atoms with E-state index in [-0.39, 0.29) is 11.3 Å². The van der Waals surface area contributed by atoms with Crippen LogP contribution in [-0.4, -0.2) is 11.1 Å². The summed E-state index contributed by atoms with van der Waals surface area (Å²) < 4.78 is 9.74. The number of hydrogen-bond acceptors (Lipinski definition) is 3. The van der Waals surface area contributed by atoms with Crippen molar-refractivity contribution in [2.45, 2.75) is 0 Å². The number of fused-ring (bicyclic) bond motifs is 1. The van der Waals surface area contributed by atoms with Gasteiger partial charge in [-0.3, -0.25) is 0 Å². The van der Waals surface area contributed by atoms with Gasteiger partial charge in [0.25, 0.3) is 0 Å². The second-order valence-corrected chi connectivity index (χ2v) is 2.27. The van der Waals surface area contributed by atoms with Crippen molar-refractivity contribution in [3.63, 3.8) is 0 Å². The summed E-state index contributed by atoms with van der Waals surface area (Å²) in [5.74, 6) is -0.314. The van der Waals surface area contributed by atoms with E-state index in [0.717, 1.165) is 6.79 Å². The molecule has 0 bridgehead atoms. The van der Waals surface area contributed by atoms with Crippen molar-refractivity contribution in [1.29, 1.82) is 0 Å². The maximum Gasteiger partial charge on any atom is 0.339 e. The monoisotopic (exact) mass is 165 g/mol. The molecule has 1 heterocycles. The van der Waals surface area contributed by atoms with E-state index < -0.39 is 5.97 Å². The van der Waals surface area contributed by atoms with Gasteiger partial charge in [-0.2, -0.15) is 0 Å². The fraction of sp³-hybridized carbons (Fsp3) is 0. The molecule has 61 valence electrons. The largest absolute Gasteiger partial charge is 0.478 e. The van der Waals surface area contributed by atoms with Crippen LogP contribution in [0.15, 0.2) is 18.2 Å². The molecule has 1 aliphatic heterocycles. The van der Waals surface area contributed by atoms with Crippen LogP contribution in [0.2, 0.25) is 0 Å². The summed E-state index contributed by atoms with van der Waals surface area (Å²) in [6, 6.07) is 4.71. The Kier molecular flexibility index (Phi) is 1.40. The number of hydrogen-bond donors (Lipinski definition) is 1. The quantitative estimate of drug-likeness (QED) is 0.680. The van der Waals surface area contributed by atoms with Crippen molar-refractivity contribution >= 4 is 5.97 Å². The second kappa shape index (κ2) is 2.41. The summed E-state index contributed by atoms with van der Waals surface area (Å²) >= 11 is 0. The number of carboxylic acids is 1. The molecule has 12 heavy (non-hydrogen) atoms. The fourth-order valence-electron chi connectivity index (χ4n) is 1.02. The number of carboxylic acid groups (broad SMARTS) is 1. The van der Waals surface area contributed by atoms with Crippen LogP contribution in [0.3, 0.4) is 0 Å². The minimum absolute atomic E-state index is 0.112. The zero-order valence-corrected chi connectivity index (χ0v) is 5.98. The van der Waals surface area contributed by atoms with E-state index >= 15 is 0 Å². The van der Waals surface area contributed by atoms with Gasteiger partial charge in [0.05, 0.1) is 0 Å². The van der Waals surface area contributed by atoms with E-state index in [1.807, 2.05) is 0 Å². The molecule has 0 saturated heterocycles. The number of para-hydroxylation sites is 1. The van der Waals surface area contributed by atoms with Crippen molar-refractivity contribution in [1.82, 2.24) is 0 Å². The number of rotatable bonds is 1. The summed E-state index contributed by atoms with van der Waals surface area (Å²) in [6.07, 6.45) is 0. The summed E-state index contributed by atoms with van der Waals surface area (Å²) in [5, 5.41) is 8.70. The SMILES string of the molecule is O=C(O)c1cccc2c1O[CH]O2. The molecule has 0 atom stereocenters. The molecule has 1 N–H and O–H groups in total. The topological polar surface area (TPSA) is 55.8 Å². The van der Waals surface area contributed by atoms with Crippen LogP contribution in [-0.2, 0) is 0 Å². The molecule has 4 heteroatoms. The highest BCUT2D eigenvalue weighted by atomic mass is 16.7. The molecule has 1 radical (unpaired) electrons. The first-order valence-electron chi connectivity index (χ1n) is 3.30. The zero-order valence-electron chi connectivity index (χ0n) is 5.98. The molecule has 0 spiro atoms. The molecule has 0 aliphatic carbocycles. The Hall–Kier alpha value is -1.71. The average molecular weight is 165 g/mol. The third kappa shape index (κ3) is 0.887. The number of ether oxygens (including phenoxy) is 2. The number of carbonyl (C=O) groups is 1. The van der Waals surface area contributed by atoms with Gasteiger partial charge in [0.1, 0.15) is 5.56 Å². The van der Waals surface area contributed by atoms with E-state index in [0.29, 0.717) is 5.75 Å². The van der Waals surface area contributed by atoms with Crippen molar-refractivity contribution in [3.8, 4) is 11.5 Å². The van der Waals surface area contributed by atoms with Crippen LogP contribution >= 0.6 is 0 Å². The van der Waals surface area contributed by atoms with Gasteiger partial charge in [-0.15, -0.1) is 0 Å². The van der Waals surface area contributed by atoms with E-state index in [1.54, 1.807) is 12.1 Å². The first-order chi connectivity index (χ1) is 5.79. The molecule has 2 rings (SSSR count). The fourth-order valence-corrected chi connectivity index (χ4v) is 1.02. The lowest BCUT2D eigenvalue weighted by molar-refractivity contribution is 0.0694. The van der Waals surface area contributed by atoms with Crippen LogP contribution < -0.4 is 9.47 Å². The van der Waals surface area contributed by atoms with Gasteiger partial charge < -0.3 is 14.6 Å². The van der Waals surface area contributed by atoms with Crippen LogP contribution in [0.1, 0.15) is 10.4 Å². The van der Waals surface area contributed by atoms with Crippen molar-refractivity contribution in [2.75, 3.05) is 0 Å². The summed E-state index contributed by atoms with van der Waals surface area (Å²) in [4.78, 5) is 10.6. The molecule has 4 nitrogen and oxygen atoms in total. The average Bonchev–Trinajstić information content (AvgIpc) is 2.49. The van der Waals surface area contributed by atoms with E-state index in [9.17, 15) is 4.79 Å². The number of aromatic carboxylic acids is 1. The molecular weight excluding hydrogens is 160 g/mol. The van der Waals surface area contributed by atoms with Gasteiger partial charge in [0.15, 0.2) is 11.5 Å². The predicted octanol–water partition coefficient (Wildman–Crippen LogP) is 1.28. The Labute approximate surface area is 68.3 Å². The van der Waals surface area contributed by atoms with Crippen molar-refractivity contribution in [3.05, 3.63) is 30.6 Å². The van der Waals surface area contributed by atoms with Gasteiger partial charge in [0, 0.05) is 0 Å². The van der Waals surface area contributed by atoms with E-state index in [4.69, 9.17) is 14.6 Å². The minimum Gasteiger partial charge on any atom is -0.478 e. The highest BCUT2D eigenvalue weighted by molar-refractivity contribution is 5.92. The molecule has 0 saturated carbocycles. The third-order valence-corrected chi connectivity index (χ3v) is 1.55. The summed E-state index contributed by atoms with van der Waals surface area (Å²) in [7, 11) is 0. The van der Waals surface area contributed by atoms with Gasteiger partial charge >= 0.3 is 12.8 Å². The lowest BCUT2D eigenvalue weighted by atomic mass is 10.2. The smallest absolute Gasteiger partial charge is 0.339 e. The lowest BCUT2D eigenvalue weighted by Gasteiger charge is -1.98.